The number of carbonyl (C=O) groups is 2. The van der Waals surface area contributed by atoms with Gasteiger partial charge in [0.25, 0.3) is 5.91 Å². The first-order chi connectivity index (χ1) is 16.9. The number of anilines is 2. The standard InChI is InChI=1S/C23H20FN5O5S/c1-32-7-8-33-20-12-18-14(11-15(20)21(25)30)19(4-5-26-18)34-13-2-3-17(16(24)10-13)28-22(31)29-23-27-6-9-35-23/h2-6,9-12H,7-8H2,1H3,(H2,25,30)(H2,27,28,29,31). The summed E-state index contributed by atoms with van der Waals surface area (Å²) in [4.78, 5) is 32.3. The summed E-state index contributed by atoms with van der Waals surface area (Å²) in [6.45, 7) is 0.551. The Morgan fingerprint density at radius 2 is 1.91 bits per heavy atom. The number of nitrogens with zero attached hydrogens (tertiary/aromatic N) is 2. The third kappa shape index (κ3) is 5.80. The van der Waals surface area contributed by atoms with Crippen LogP contribution in [0.5, 0.6) is 17.2 Å². The molecule has 2 aromatic heterocycles. The van der Waals surface area contributed by atoms with Crippen LogP contribution in [0.1, 0.15) is 10.4 Å². The Hall–Kier alpha value is -4.29. The number of rotatable bonds is 9. The molecule has 2 heterocycles. The van der Waals surface area contributed by atoms with Crippen LogP contribution in [-0.4, -0.2) is 42.2 Å². The van der Waals surface area contributed by atoms with Gasteiger partial charge in [-0.3, -0.25) is 15.1 Å². The molecule has 0 aliphatic carbocycles. The minimum absolute atomic E-state index is 0.0418. The summed E-state index contributed by atoms with van der Waals surface area (Å²) in [5, 5.41) is 7.49. The Morgan fingerprint density at radius 1 is 1.06 bits per heavy atom. The van der Waals surface area contributed by atoms with Gasteiger partial charge in [0.2, 0.25) is 0 Å². The molecule has 0 atom stereocenters. The van der Waals surface area contributed by atoms with Gasteiger partial charge in [-0.25, -0.2) is 14.2 Å². The van der Waals surface area contributed by atoms with E-state index in [1.807, 2.05) is 0 Å². The number of halogens is 1. The van der Waals surface area contributed by atoms with Gasteiger partial charge in [-0.15, -0.1) is 11.3 Å². The first kappa shape index (κ1) is 23.9. The molecule has 0 aliphatic rings. The number of hydrogen-bond acceptors (Lipinski definition) is 8. The summed E-state index contributed by atoms with van der Waals surface area (Å²) in [7, 11) is 1.53. The van der Waals surface area contributed by atoms with Crippen molar-refractivity contribution in [3.05, 3.63) is 65.6 Å². The van der Waals surface area contributed by atoms with E-state index in [0.717, 1.165) is 6.07 Å². The highest BCUT2D eigenvalue weighted by Crippen LogP contribution is 2.34. The molecule has 0 bridgehead atoms. The first-order valence-corrected chi connectivity index (χ1v) is 11.1. The van der Waals surface area contributed by atoms with Crippen LogP contribution in [-0.2, 0) is 4.74 Å². The number of benzene rings is 2. The maximum Gasteiger partial charge on any atom is 0.325 e. The number of carbonyl (C=O) groups excluding carboxylic acids is 2. The molecule has 0 spiro atoms. The van der Waals surface area contributed by atoms with Crippen LogP contribution in [0, 0.1) is 5.82 Å². The summed E-state index contributed by atoms with van der Waals surface area (Å²) in [6, 6.07) is 8.02. The maximum absolute atomic E-state index is 14.6. The van der Waals surface area contributed by atoms with Crippen LogP contribution in [0.4, 0.5) is 20.0 Å². The van der Waals surface area contributed by atoms with Gasteiger partial charge >= 0.3 is 6.03 Å². The van der Waals surface area contributed by atoms with Gasteiger partial charge < -0.3 is 25.3 Å². The minimum Gasteiger partial charge on any atom is -0.490 e. The molecular weight excluding hydrogens is 477 g/mol. The van der Waals surface area contributed by atoms with Crippen molar-refractivity contribution < 1.29 is 28.2 Å². The molecule has 4 N–H and O–H groups in total. The second kappa shape index (κ2) is 10.8. The lowest BCUT2D eigenvalue weighted by atomic mass is 10.1. The second-order valence-electron chi connectivity index (χ2n) is 7.04. The highest BCUT2D eigenvalue weighted by atomic mass is 32.1. The summed E-state index contributed by atoms with van der Waals surface area (Å²) in [5.41, 5.74) is 6.11. The van der Waals surface area contributed by atoms with Crippen molar-refractivity contribution in [2.75, 3.05) is 31.0 Å². The van der Waals surface area contributed by atoms with E-state index in [9.17, 15) is 14.0 Å². The molecule has 180 valence electrons. The smallest absolute Gasteiger partial charge is 0.325 e. The Balaban J connectivity index is 1.55. The number of pyridine rings is 1. The highest BCUT2D eigenvalue weighted by molar-refractivity contribution is 7.13. The summed E-state index contributed by atoms with van der Waals surface area (Å²) in [5.74, 6) is -0.637. The van der Waals surface area contributed by atoms with Crippen LogP contribution in [0.15, 0.2) is 54.2 Å². The number of nitrogens with two attached hydrogens (primary N) is 1. The van der Waals surface area contributed by atoms with Gasteiger partial charge in [0.1, 0.15) is 29.7 Å². The molecule has 10 nitrogen and oxygen atoms in total. The zero-order chi connectivity index (χ0) is 24.8. The van der Waals surface area contributed by atoms with Crippen molar-refractivity contribution in [2.24, 2.45) is 5.73 Å². The van der Waals surface area contributed by atoms with Crippen molar-refractivity contribution in [2.45, 2.75) is 0 Å². The van der Waals surface area contributed by atoms with Crippen molar-refractivity contribution >= 4 is 45.0 Å². The fraction of sp³-hybridized carbons (Fsp3) is 0.130. The van der Waals surface area contributed by atoms with Gasteiger partial charge in [0.15, 0.2) is 5.13 Å². The minimum atomic E-state index is -0.707. The third-order valence-corrected chi connectivity index (χ3v) is 5.37. The molecule has 0 saturated carbocycles. The average Bonchev–Trinajstić information content (AvgIpc) is 3.33. The number of hydrogen-bond donors (Lipinski definition) is 3. The van der Waals surface area contributed by atoms with Crippen LogP contribution in [0.3, 0.4) is 0 Å². The number of primary amides is 1. The van der Waals surface area contributed by atoms with E-state index in [-0.39, 0.29) is 29.4 Å². The fourth-order valence-corrected chi connectivity index (χ4v) is 3.63. The Bertz CT molecular complexity index is 1370. The van der Waals surface area contributed by atoms with Gasteiger partial charge in [0, 0.05) is 42.4 Å². The van der Waals surface area contributed by atoms with Gasteiger partial charge in [-0.05, 0) is 24.3 Å². The van der Waals surface area contributed by atoms with E-state index in [2.05, 4.69) is 20.6 Å². The lowest BCUT2D eigenvalue weighted by Gasteiger charge is -2.14. The first-order valence-electron chi connectivity index (χ1n) is 10.2. The number of nitrogens with one attached hydrogen (secondary N) is 2. The Morgan fingerprint density at radius 3 is 2.63 bits per heavy atom. The van der Waals surface area contributed by atoms with E-state index < -0.39 is 17.8 Å². The van der Waals surface area contributed by atoms with Gasteiger partial charge in [-0.1, -0.05) is 0 Å². The van der Waals surface area contributed by atoms with E-state index >= 15 is 0 Å². The number of amides is 3. The van der Waals surface area contributed by atoms with Crippen LogP contribution in [0.25, 0.3) is 10.9 Å². The van der Waals surface area contributed by atoms with Crippen molar-refractivity contribution in [1.29, 1.82) is 0 Å². The molecule has 2 aromatic carbocycles. The number of methoxy groups -OCH3 is 1. The van der Waals surface area contributed by atoms with Crippen LogP contribution < -0.4 is 25.8 Å². The number of ether oxygens (including phenoxy) is 3. The number of fused-ring (bicyclic) bond motifs is 1. The van der Waals surface area contributed by atoms with Crippen LogP contribution >= 0.6 is 11.3 Å². The highest BCUT2D eigenvalue weighted by Gasteiger charge is 2.16. The average molecular weight is 498 g/mol. The topological polar surface area (TPSA) is 138 Å². The summed E-state index contributed by atoms with van der Waals surface area (Å²) >= 11 is 1.23. The molecule has 0 saturated heterocycles. The normalized spacial score (nSPS) is 10.7. The van der Waals surface area contributed by atoms with E-state index in [0.29, 0.717) is 28.4 Å². The van der Waals surface area contributed by atoms with Crippen molar-refractivity contribution in [3.63, 3.8) is 0 Å². The molecule has 4 aromatic rings. The molecule has 3 amide bonds. The molecular formula is C23H20FN5O5S. The van der Waals surface area contributed by atoms with Crippen LogP contribution in [0.2, 0.25) is 0 Å². The van der Waals surface area contributed by atoms with E-state index in [1.54, 1.807) is 17.5 Å². The summed E-state index contributed by atoms with van der Waals surface area (Å²) in [6.07, 6.45) is 3.05. The molecule has 35 heavy (non-hydrogen) atoms. The second-order valence-corrected chi connectivity index (χ2v) is 7.93. The Kier molecular flexibility index (Phi) is 7.33. The lowest BCUT2D eigenvalue weighted by molar-refractivity contribution is 0.0992. The quantitative estimate of drug-likeness (QED) is 0.292. The van der Waals surface area contributed by atoms with Crippen molar-refractivity contribution in [3.8, 4) is 17.2 Å². The fourth-order valence-electron chi connectivity index (χ4n) is 3.11. The predicted molar refractivity (Wildman–Crippen MR) is 129 cm³/mol. The maximum atomic E-state index is 14.6. The SMILES string of the molecule is COCCOc1cc2nccc(Oc3ccc(NC(=O)Nc4nccs4)c(F)c3)c2cc1C(N)=O. The molecule has 12 heteroatoms. The van der Waals surface area contributed by atoms with E-state index in [4.69, 9.17) is 19.9 Å². The largest absolute Gasteiger partial charge is 0.490 e. The van der Waals surface area contributed by atoms with Crippen molar-refractivity contribution in [1.82, 2.24) is 9.97 Å². The number of urea groups is 1. The lowest BCUT2D eigenvalue weighted by Crippen LogP contribution is -2.19. The Labute approximate surface area is 202 Å². The zero-order valence-corrected chi connectivity index (χ0v) is 19.2. The number of thiazole rings is 1. The summed E-state index contributed by atoms with van der Waals surface area (Å²) < 4.78 is 31.1. The molecule has 4 rings (SSSR count). The van der Waals surface area contributed by atoms with Gasteiger partial charge in [0.05, 0.1) is 23.4 Å². The molecule has 0 aliphatic heterocycles. The third-order valence-electron chi connectivity index (χ3n) is 4.68. The number of aromatic nitrogens is 2. The van der Waals surface area contributed by atoms with Gasteiger partial charge in [-0.2, -0.15) is 0 Å². The molecule has 0 fully saturated rings. The molecule has 0 unspecified atom stereocenters. The predicted octanol–water partition coefficient (Wildman–Crippen LogP) is 4.39. The molecule has 0 radical (unpaired) electrons. The van der Waals surface area contributed by atoms with E-state index in [1.165, 1.54) is 49.0 Å². The zero-order valence-electron chi connectivity index (χ0n) is 18.4. The monoisotopic (exact) mass is 497 g/mol.